The Kier molecular flexibility index (Phi) is 5.96. The van der Waals surface area contributed by atoms with E-state index in [1.54, 1.807) is 36.4 Å². The van der Waals surface area contributed by atoms with Crippen LogP contribution < -0.4 is 15.4 Å². The van der Waals surface area contributed by atoms with Crippen molar-refractivity contribution in [3.63, 3.8) is 0 Å². The van der Waals surface area contributed by atoms with Crippen LogP contribution in [0.5, 0.6) is 0 Å². The van der Waals surface area contributed by atoms with Crippen molar-refractivity contribution >= 4 is 33.2 Å². The van der Waals surface area contributed by atoms with Crippen LogP contribution in [0.1, 0.15) is 39.1 Å². The van der Waals surface area contributed by atoms with Crippen LogP contribution in [-0.4, -0.2) is 26.3 Å². The predicted octanol–water partition coefficient (Wildman–Crippen LogP) is 3.94. The van der Waals surface area contributed by atoms with Gasteiger partial charge in [0.2, 0.25) is 0 Å². The fraction of sp³-hybridized carbons (Fsp3) is 0.167. The van der Waals surface area contributed by atoms with Crippen molar-refractivity contribution in [3.05, 3.63) is 89.5 Å². The Balaban J connectivity index is 1.48. The van der Waals surface area contributed by atoms with Gasteiger partial charge in [0.15, 0.2) is 0 Å². The maximum Gasteiger partial charge on any atom is 0.261 e. The number of carbonyl (C=O) groups is 2. The molecule has 0 unspecified atom stereocenters. The van der Waals surface area contributed by atoms with E-state index in [1.165, 1.54) is 24.3 Å². The normalized spacial score (nSPS) is 13.3. The predicted molar refractivity (Wildman–Crippen MR) is 123 cm³/mol. The van der Waals surface area contributed by atoms with Crippen LogP contribution in [0, 0.1) is 6.92 Å². The van der Waals surface area contributed by atoms with Crippen LogP contribution in [-0.2, 0) is 10.0 Å². The molecule has 164 valence electrons. The second kappa shape index (κ2) is 8.84. The molecule has 1 saturated carbocycles. The molecule has 0 bridgehead atoms. The van der Waals surface area contributed by atoms with Crippen LogP contribution in [0.25, 0.3) is 0 Å². The minimum Gasteiger partial charge on any atom is -0.349 e. The second-order valence-corrected chi connectivity index (χ2v) is 9.37. The second-order valence-electron chi connectivity index (χ2n) is 7.69. The summed E-state index contributed by atoms with van der Waals surface area (Å²) in [6, 6.07) is 19.7. The Labute approximate surface area is 186 Å². The van der Waals surface area contributed by atoms with E-state index < -0.39 is 15.9 Å². The van der Waals surface area contributed by atoms with Gasteiger partial charge in [0.25, 0.3) is 21.8 Å². The van der Waals surface area contributed by atoms with Crippen LogP contribution >= 0.6 is 0 Å². The molecule has 0 aromatic heterocycles. The molecule has 1 aliphatic rings. The average molecular weight is 450 g/mol. The Morgan fingerprint density at radius 2 is 1.44 bits per heavy atom. The van der Waals surface area contributed by atoms with Gasteiger partial charge >= 0.3 is 0 Å². The Morgan fingerprint density at radius 3 is 2.09 bits per heavy atom. The molecule has 0 atom stereocenters. The maximum absolute atomic E-state index is 12.7. The fourth-order valence-electron chi connectivity index (χ4n) is 3.15. The van der Waals surface area contributed by atoms with Crippen molar-refractivity contribution in [1.29, 1.82) is 0 Å². The fourth-order valence-corrected chi connectivity index (χ4v) is 4.28. The quantitative estimate of drug-likeness (QED) is 0.508. The Hall–Kier alpha value is -3.65. The molecule has 0 heterocycles. The topological polar surface area (TPSA) is 104 Å². The Bertz CT molecular complexity index is 1270. The van der Waals surface area contributed by atoms with Crippen molar-refractivity contribution in [2.24, 2.45) is 0 Å². The number of para-hydroxylation sites is 2. The van der Waals surface area contributed by atoms with E-state index in [0.29, 0.717) is 16.9 Å². The minimum absolute atomic E-state index is 0.0431. The van der Waals surface area contributed by atoms with Gasteiger partial charge in [-0.25, -0.2) is 8.42 Å². The lowest BCUT2D eigenvalue weighted by Crippen LogP contribution is -2.27. The van der Waals surface area contributed by atoms with Gasteiger partial charge in [-0.3, -0.25) is 14.3 Å². The third-order valence-corrected chi connectivity index (χ3v) is 6.53. The molecular weight excluding hydrogens is 426 g/mol. The molecule has 4 rings (SSSR count). The van der Waals surface area contributed by atoms with Crippen molar-refractivity contribution in [1.82, 2.24) is 5.32 Å². The van der Waals surface area contributed by atoms with Gasteiger partial charge in [-0.2, -0.15) is 0 Å². The lowest BCUT2D eigenvalue weighted by molar-refractivity contribution is 0.0952. The summed E-state index contributed by atoms with van der Waals surface area (Å²) in [5.74, 6) is -0.667. The molecule has 3 N–H and O–H groups in total. The zero-order chi connectivity index (χ0) is 22.7. The number of aryl methyl sites for hydroxylation is 1. The molecule has 2 amide bonds. The summed E-state index contributed by atoms with van der Waals surface area (Å²) in [5, 5.41) is 5.65. The first-order chi connectivity index (χ1) is 15.3. The lowest BCUT2D eigenvalue weighted by atomic mass is 10.1. The molecule has 1 fully saturated rings. The van der Waals surface area contributed by atoms with Gasteiger partial charge in [0.1, 0.15) is 0 Å². The van der Waals surface area contributed by atoms with Crippen molar-refractivity contribution < 1.29 is 18.0 Å². The lowest BCUT2D eigenvalue weighted by Gasteiger charge is -2.12. The van der Waals surface area contributed by atoms with Crippen LogP contribution in [0.3, 0.4) is 0 Å². The molecule has 0 saturated heterocycles. The average Bonchev–Trinajstić information content (AvgIpc) is 3.59. The van der Waals surface area contributed by atoms with Crippen molar-refractivity contribution in [3.8, 4) is 0 Å². The summed E-state index contributed by atoms with van der Waals surface area (Å²) in [4.78, 5) is 25.2. The first kappa shape index (κ1) is 21.6. The first-order valence-electron chi connectivity index (χ1n) is 10.2. The summed E-state index contributed by atoms with van der Waals surface area (Å²) < 4.78 is 27.9. The molecule has 3 aromatic carbocycles. The Morgan fingerprint density at radius 1 is 0.812 bits per heavy atom. The van der Waals surface area contributed by atoms with E-state index >= 15 is 0 Å². The number of nitrogens with one attached hydrogen (secondary N) is 3. The molecular formula is C24H23N3O4S. The largest absolute Gasteiger partial charge is 0.349 e. The molecule has 0 radical (unpaired) electrons. The van der Waals surface area contributed by atoms with E-state index in [4.69, 9.17) is 0 Å². The van der Waals surface area contributed by atoms with Gasteiger partial charge in [0.05, 0.1) is 21.8 Å². The van der Waals surface area contributed by atoms with Gasteiger partial charge < -0.3 is 10.6 Å². The standard InChI is InChI=1S/C24H23N3O4S/c1-16-6-2-4-8-21(16)27-32(30,31)19-14-10-17(11-15-19)23(28)26-22-9-5-3-7-20(22)24(29)25-18-12-13-18/h2-11,14-15,18,27H,12-13H2,1H3,(H,25,29)(H,26,28). The number of amides is 2. The third-order valence-electron chi connectivity index (χ3n) is 5.15. The molecule has 3 aromatic rings. The SMILES string of the molecule is Cc1ccccc1NS(=O)(=O)c1ccc(C(=O)Nc2ccccc2C(=O)NC2CC2)cc1. The zero-order valence-corrected chi connectivity index (χ0v) is 18.3. The number of benzene rings is 3. The summed E-state index contributed by atoms with van der Waals surface area (Å²) >= 11 is 0. The third kappa shape index (κ3) is 4.97. The van der Waals surface area contributed by atoms with Gasteiger partial charge in [0, 0.05) is 11.6 Å². The highest BCUT2D eigenvalue weighted by Crippen LogP contribution is 2.23. The first-order valence-corrected chi connectivity index (χ1v) is 11.7. The number of rotatable bonds is 7. The summed E-state index contributed by atoms with van der Waals surface area (Å²) in [6.07, 6.45) is 1.93. The van der Waals surface area contributed by atoms with Gasteiger partial charge in [-0.15, -0.1) is 0 Å². The highest BCUT2D eigenvalue weighted by molar-refractivity contribution is 7.92. The van der Waals surface area contributed by atoms with Crippen molar-refractivity contribution in [2.75, 3.05) is 10.0 Å². The maximum atomic E-state index is 12.7. The number of carbonyl (C=O) groups excluding carboxylic acids is 2. The number of anilines is 2. The molecule has 1 aliphatic carbocycles. The number of hydrogen-bond acceptors (Lipinski definition) is 4. The van der Waals surface area contributed by atoms with Crippen LogP contribution in [0.15, 0.2) is 77.7 Å². The number of sulfonamides is 1. The van der Waals surface area contributed by atoms with E-state index in [2.05, 4.69) is 15.4 Å². The van der Waals surface area contributed by atoms with E-state index in [0.717, 1.165) is 18.4 Å². The highest BCUT2D eigenvalue weighted by atomic mass is 32.2. The summed E-state index contributed by atoms with van der Waals surface area (Å²) in [7, 11) is -3.80. The monoisotopic (exact) mass is 449 g/mol. The minimum atomic E-state index is -3.80. The molecule has 0 aliphatic heterocycles. The molecule has 32 heavy (non-hydrogen) atoms. The van der Waals surface area contributed by atoms with Gasteiger partial charge in [-0.05, 0) is 67.8 Å². The zero-order valence-electron chi connectivity index (χ0n) is 17.5. The summed E-state index contributed by atoms with van der Waals surface area (Å²) in [5.41, 5.74) is 2.35. The molecule has 8 heteroatoms. The van der Waals surface area contributed by atoms with Crippen molar-refractivity contribution in [2.45, 2.75) is 30.7 Å². The van der Waals surface area contributed by atoms with Gasteiger partial charge in [-0.1, -0.05) is 30.3 Å². The highest BCUT2D eigenvalue weighted by Gasteiger charge is 2.25. The summed E-state index contributed by atoms with van der Waals surface area (Å²) in [6.45, 7) is 1.81. The smallest absolute Gasteiger partial charge is 0.261 e. The van der Waals surface area contributed by atoms with E-state index in [1.807, 2.05) is 19.1 Å². The van der Waals surface area contributed by atoms with Crippen LogP contribution in [0.4, 0.5) is 11.4 Å². The molecule has 7 nitrogen and oxygen atoms in total. The molecule has 0 spiro atoms. The van der Waals surface area contributed by atoms with E-state index in [9.17, 15) is 18.0 Å². The number of hydrogen-bond donors (Lipinski definition) is 3. The van der Waals surface area contributed by atoms with E-state index in [-0.39, 0.29) is 22.4 Å². The van der Waals surface area contributed by atoms with Crippen LogP contribution in [0.2, 0.25) is 0 Å².